The summed E-state index contributed by atoms with van der Waals surface area (Å²) in [6, 6.07) is 8.95. The van der Waals surface area contributed by atoms with Crippen LogP contribution in [0.4, 0.5) is 10.5 Å². The summed E-state index contributed by atoms with van der Waals surface area (Å²) in [7, 11) is -3.88. The van der Waals surface area contributed by atoms with Gasteiger partial charge in [0.1, 0.15) is 0 Å². The van der Waals surface area contributed by atoms with Gasteiger partial charge in [-0.3, -0.25) is 0 Å². The molecule has 2 amide bonds. The highest BCUT2D eigenvalue weighted by Gasteiger charge is 2.31. The number of carbonyl (C=O) groups excluding carboxylic acids is 1. The number of nitrogens with two attached hydrogens (primary N) is 1. The Hall–Kier alpha value is -1.79. The van der Waals surface area contributed by atoms with Crippen molar-refractivity contribution in [2.24, 2.45) is 5.73 Å². The smallest absolute Gasteiger partial charge is 0.333 e. The van der Waals surface area contributed by atoms with Gasteiger partial charge in [0.15, 0.2) is 0 Å². The Kier molecular flexibility index (Phi) is 4.11. The Balaban J connectivity index is 2.80. The fourth-order valence-corrected chi connectivity index (χ4v) is 3.35. The highest BCUT2D eigenvalue weighted by atomic mass is 35.5. The normalized spacial score (nSPS) is 11.8. The molecule has 0 atom stereocenters. The van der Waals surface area contributed by atoms with Gasteiger partial charge in [0, 0.05) is 15.8 Å². The van der Waals surface area contributed by atoms with Crippen molar-refractivity contribution >= 4 is 44.1 Å². The fourth-order valence-electron chi connectivity index (χ4n) is 2.02. The number of primary amides is 1. The van der Waals surface area contributed by atoms with Crippen LogP contribution in [0.15, 0.2) is 36.4 Å². The Bertz CT molecular complexity index is 803. The van der Waals surface area contributed by atoms with Crippen molar-refractivity contribution in [3.63, 3.8) is 0 Å². The first kappa shape index (κ1) is 15.6. The van der Waals surface area contributed by atoms with E-state index < -0.39 is 21.3 Å². The first-order chi connectivity index (χ1) is 9.76. The van der Waals surface area contributed by atoms with E-state index >= 15 is 0 Å². The van der Waals surface area contributed by atoms with Gasteiger partial charge in [0.05, 0.1) is 10.9 Å². The van der Waals surface area contributed by atoms with Gasteiger partial charge in [-0.25, -0.2) is 13.2 Å². The number of anilines is 1. The molecule has 5 nitrogen and oxygen atoms in total. The van der Waals surface area contributed by atoms with Gasteiger partial charge in [0.25, 0.3) is 0 Å². The summed E-state index contributed by atoms with van der Waals surface area (Å²) in [5.41, 5.74) is 5.50. The third-order valence-electron chi connectivity index (χ3n) is 3.12. The van der Waals surface area contributed by atoms with E-state index in [-0.39, 0.29) is 5.69 Å². The van der Waals surface area contributed by atoms with Crippen molar-refractivity contribution in [2.75, 3.05) is 4.31 Å². The third kappa shape index (κ3) is 2.69. The zero-order valence-corrected chi connectivity index (χ0v) is 13.1. The van der Waals surface area contributed by atoms with Crippen LogP contribution in [-0.2, 0) is 10.0 Å². The summed E-state index contributed by atoms with van der Waals surface area (Å²) in [6.07, 6.45) is 0. The lowest BCUT2D eigenvalue weighted by molar-refractivity contribution is 0.257. The van der Waals surface area contributed by atoms with E-state index in [4.69, 9.17) is 17.3 Å². The number of hydrogen-bond acceptors (Lipinski definition) is 3. The Morgan fingerprint density at radius 2 is 1.71 bits per heavy atom. The number of urea groups is 1. The quantitative estimate of drug-likeness (QED) is 0.941. The number of fused-ring (bicyclic) bond motifs is 1. The predicted molar refractivity (Wildman–Crippen MR) is 85.1 cm³/mol. The monoisotopic (exact) mass is 326 g/mol. The van der Waals surface area contributed by atoms with Gasteiger partial charge < -0.3 is 5.73 Å². The molecule has 7 heteroatoms. The van der Waals surface area contributed by atoms with Crippen molar-refractivity contribution in [1.82, 2.24) is 0 Å². The zero-order chi connectivity index (χ0) is 15.8. The average Bonchev–Trinajstić information content (AvgIpc) is 2.41. The molecular weight excluding hydrogens is 312 g/mol. The number of rotatable bonds is 3. The maximum absolute atomic E-state index is 12.4. The van der Waals surface area contributed by atoms with Gasteiger partial charge in [-0.1, -0.05) is 35.9 Å². The lowest BCUT2D eigenvalue weighted by atomic mass is 10.1. The van der Waals surface area contributed by atoms with Crippen LogP contribution in [0, 0.1) is 0 Å². The molecular formula is C14H15ClN2O3S. The maximum Gasteiger partial charge on any atom is 0.333 e. The molecule has 0 aromatic heterocycles. The van der Waals surface area contributed by atoms with Crippen LogP contribution in [0.3, 0.4) is 0 Å². The number of amides is 2. The molecule has 2 aromatic rings. The SMILES string of the molecule is CC(C)S(=O)(=O)N(C(N)=O)c1ccc(Cl)c2ccccc12. The lowest BCUT2D eigenvalue weighted by Crippen LogP contribution is -2.44. The first-order valence-corrected chi connectivity index (χ1v) is 8.15. The van der Waals surface area contributed by atoms with Crippen LogP contribution >= 0.6 is 11.6 Å². The molecule has 0 fully saturated rings. The van der Waals surface area contributed by atoms with Crippen LogP contribution < -0.4 is 10.0 Å². The molecule has 0 aliphatic heterocycles. The van der Waals surface area contributed by atoms with Gasteiger partial charge in [0.2, 0.25) is 10.0 Å². The number of sulfonamides is 1. The van der Waals surface area contributed by atoms with Gasteiger partial charge in [-0.2, -0.15) is 4.31 Å². The van der Waals surface area contributed by atoms with Crippen molar-refractivity contribution < 1.29 is 13.2 Å². The summed E-state index contributed by atoms with van der Waals surface area (Å²) < 4.78 is 25.4. The van der Waals surface area contributed by atoms with Crippen LogP contribution in [0.25, 0.3) is 10.8 Å². The summed E-state index contributed by atoms with van der Waals surface area (Å²) >= 11 is 6.11. The number of benzene rings is 2. The minimum absolute atomic E-state index is 0.205. The standard InChI is InChI=1S/C14H15ClN2O3S/c1-9(2)21(19,20)17(14(16)18)13-8-7-12(15)10-5-3-4-6-11(10)13/h3-9H,1-2H3,(H2,16,18). The van der Waals surface area contributed by atoms with Crippen LogP contribution in [0.5, 0.6) is 0 Å². The summed E-state index contributed by atoms with van der Waals surface area (Å²) in [5.74, 6) is 0. The largest absolute Gasteiger partial charge is 0.350 e. The molecule has 2 rings (SSSR count). The second-order valence-corrected chi connectivity index (χ2v) is 7.55. The second-order valence-electron chi connectivity index (χ2n) is 4.81. The molecule has 0 aliphatic carbocycles. The van der Waals surface area contributed by atoms with Gasteiger partial charge in [-0.15, -0.1) is 0 Å². The van der Waals surface area contributed by atoms with E-state index in [0.717, 1.165) is 0 Å². The van der Waals surface area contributed by atoms with Crippen LogP contribution in [-0.4, -0.2) is 19.7 Å². The molecule has 0 radical (unpaired) electrons. The van der Waals surface area contributed by atoms with Crippen molar-refractivity contribution in [3.8, 4) is 0 Å². The molecule has 0 spiro atoms. The predicted octanol–water partition coefficient (Wildman–Crippen LogP) is 3.12. The number of nitrogens with zero attached hydrogens (tertiary/aromatic N) is 1. The Morgan fingerprint density at radius 1 is 1.14 bits per heavy atom. The molecule has 21 heavy (non-hydrogen) atoms. The molecule has 0 bridgehead atoms. The van der Waals surface area contributed by atoms with Crippen molar-refractivity contribution in [2.45, 2.75) is 19.1 Å². The Labute approximate surface area is 128 Å². The second kappa shape index (κ2) is 5.54. The summed E-state index contributed by atoms with van der Waals surface area (Å²) in [4.78, 5) is 11.7. The first-order valence-electron chi connectivity index (χ1n) is 6.27. The van der Waals surface area contributed by atoms with E-state index in [1.807, 2.05) is 0 Å². The number of carbonyl (C=O) groups is 1. The molecule has 2 N–H and O–H groups in total. The van der Waals surface area contributed by atoms with E-state index in [1.165, 1.54) is 19.9 Å². The zero-order valence-electron chi connectivity index (χ0n) is 11.6. The fraction of sp³-hybridized carbons (Fsp3) is 0.214. The molecule has 2 aromatic carbocycles. The highest BCUT2D eigenvalue weighted by molar-refractivity contribution is 7.94. The topological polar surface area (TPSA) is 80.5 Å². The maximum atomic E-state index is 12.4. The van der Waals surface area contributed by atoms with Crippen LogP contribution in [0.2, 0.25) is 5.02 Å². The van der Waals surface area contributed by atoms with E-state index in [9.17, 15) is 13.2 Å². The van der Waals surface area contributed by atoms with Gasteiger partial charge in [-0.05, 0) is 26.0 Å². The van der Waals surface area contributed by atoms with E-state index in [2.05, 4.69) is 0 Å². The summed E-state index contributed by atoms with van der Waals surface area (Å²) in [6.45, 7) is 2.98. The van der Waals surface area contributed by atoms with Gasteiger partial charge >= 0.3 is 6.03 Å². The highest BCUT2D eigenvalue weighted by Crippen LogP contribution is 2.33. The third-order valence-corrected chi connectivity index (χ3v) is 5.52. The minimum Gasteiger partial charge on any atom is -0.350 e. The molecule has 0 heterocycles. The van der Waals surface area contributed by atoms with Crippen molar-refractivity contribution in [3.05, 3.63) is 41.4 Å². The summed E-state index contributed by atoms with van der Waals surface area (Å²) in [5, 5.41) is 0.898. The molecule has 0 aliphatic rings. The van der Waals surface area contributed by atoms with E-state index in [1.54, 1.807) is 30.3 Å². The molecule has 112 valence electrons. The average molecular weight is 327 g/mol. The molecule has 0 unspecified atom stereocenters. The number of hydrogen-bond donors (Lipinski definition) is 1. The van der Waals surface area contributed by atoms with Crippen molar-refractivity contribution in [1.29, 1.82) is 0 Å². The molecule has 0 saturated carbocycles. The van der Waals surface area contributed by atoms with Crippen LogP contribution in [0.1, 0.15) is 13.8 Å². The van der Waals surface area contributed by atoms with E-state index in [0.29, 0.717) is 20.1 Å². The lowest BCUT2D eigenvalue weighted by Gasteiger charge is -2.24. The Morgan fingerprint density at radius 3 is 2.24 bits per heavy atom. The minimum atomic E-state index is -3.88. The number of halogens is 1. The molecule has 0 saturated heterocycles.